The molecule has 1 aliphatic heterocycles. The van der Waals surface area contributed by atoms with Crippen LogP contribution in [0.2, 0.25) is 0 Å². The molecule has 3 aliphatic rings. The SMILES string of the molecule is CC1CNC2(CCCCC2)CN1C1CCCCCC1. The fraction of sp³-hybridized carbons (Fsp3) is 1.00. The van der Waals surface area contributed by atoms with E-state index in [-0.39, 0.29) is 0 Å². The Labute approximate surface area is 119 Å². The molecule has 2 nitrogen and oxygen atoms in total. The summed E-state index contributed by atoms with van der Waals surface area (Å²) < 4.78 is 0. The van der Waals surface area contributed by atoms with Crippen LogP contribution < -0.4 is 5.32 Å². The molecule has 0 aromatic rings. The van der Waals surface area contributed by atoms with Crippen LogP contribution in [0.3, 0.4) is 0 Å². The summed E-state index contributed by atoms with van der Waals surface area (Å²) in [6.45, 7) is 4.99. The summed E-state index contributed by atoms with van der Waals surface area (Å²) in [7, 11) is 0. The second-order valence-corrected chi connectivity index (χ2v) is 7.39. The zero-order chi connectivity index (χ0) is 13.1. The van der Waals surface area contributed by atoms with Gasteiger partial charge in [-0.05, 0) is 32.6 Å². The van der Waals surface area contributed by atoms with Crippen LogP contribution in [0.4, 0.5) is 0 Å². The fourth-order valence-corrected chi connectivity index (χ4v) is 4.68. The molecule has 110 valence electrons. The zero-order valence-corrected chi connectivity index (χ0v) is 12.8. The Morgan fingerprint density at radius 1 is 0.895 bits per heavy atom. The molecule has 3 fully saturated rings. The van der Waals surface area contributed by atoms with Crippen molar-refractivity contribution in [2.75, 3.05) is 13.1 Å². The third-order valence-electron chi connectivity index (χ3n) is 5.93. The molecule has 1 spiro atoms. The number of hydrogen-bond acceptors (Lipinski definition) is 2. The van der Waals surface area contributed by atoms with Gasteiger partial charge in [-0.3, -0.25) is 4.90 Å². The van der Waals surface area contributed by atoms with Crippen LogP contribution in [-0.4, -0.2) is 35.6 Å². The van der Waals surface area contributed by atoms with Crippen LogP contribution in [0.25, 0.3) is 0 Å². The lowest BCUT2D eigenvalue weighted by Gasteiger charge is -2.51. The molecule has 2 aliphatic carbocycles. The molecule has 2 heteroatoms. The Morgan fingerprint density at radius 3 is 2.21 bits per heavy atom. The van der Waals surface area contributed by atoms with Gasteiger partial charge in [0.05, 0.1) is 0 Å². The van der Waals surface area contributed by atoms with E-state index in [4.69, 9.17) is 0 Å². The van der Waals surface area contributed by atoms with E-state index < -0.39 is 0 Å². The van der Waals surface area contributed by atoms with Crippen LogP contribution in [0.5, 0.6) is 0 Å². The van der Waals surface area contributed by atoms with Gasteiger partial charge in [0, 0.05) is 30.7 Å². The smallest absolute Gasteiger partial charge is 0.0309 e. The van der Waals surface area contributed by atoms with Crippen LogP contribution in [0, 0.1) is 0 Å². The Bertz CT molecular complexity index is 275. The van der Waals surface area contributed by atoms with Gasteiger partial charge in [0.15, 0.2) is 0 Å². The van der Waals surface area contributed by atoms with Gasteiger partial charge in [0.25, 0.3) is 0 Å². The summed E-state index contributed by atoms with van der Waals surface area (Å²) in [6.07, 6.45) is 16.0. The van der Waals surface area contributed by atoms with E-state index in [2.05, 4.69) is 17.1 Å². The molecule has 3 rings (SSSR count). The van der Waals surface area contributed by atoms with Crippen LogP contribution >= 0.6 is 0 Å². The predicted octanol–water partition coefficient (Wildman–Crippen LogP) is 3.71. The summed E-state index contributed by atoms with van der Waals surface area (Å²) in [5, 5.41) is 3.93. The average molecular weight is 264 g/mol. The quantitative estimate of drug-likeness (QED) is 0.726. The van der Waals surface area contributed by atoms with Gasteiger partial charge in [-0.2, -0.15) is 0 Å². The second-order valence-electron chi connectivity index (χ2n) is 7.39. The number of rotatable bonds is 1. The first-order chi connectivity index (χ1) is 9.29. The summed E-state index contributed by atoms with van der Waals surface area (Å²) in [5.74, 6) is 0. The summed E-state index contributed by atoms with van der Waals surface area (Å²) in [4.78, 5) is 2.90. The molecule has 1 heterocycles. The predicted molar refractivity (Wildman–Crippen MR) is 81.5 cm³/mol. The van der Waals surface area contributed by atoms with Crippen molar-refractivity contribution in [2.24, 2.45) is 0 Å². The third-order valence-corrected chi connectivity index (χ3v) is 5.93. The van der Waals surface area contributed by atoms with Crippen molar-refractivity contribution in [3.05, 3.63) is 0 Å². The van der Waals surface area contributed by atoms with E-state index in [0.29, 0.717) is 5.54 Å². The number of hydrogen-bond donors (Lipinski definition) is 1. The lowest BCUT2D eigenvalue weighted by Crippen LogP contribution is -2.65. The topological polar surface area (TPSA) is 15.3 Å². The first-order valence-electron chi connectivity index (χ1n) is 8.80. The second kappa shape index (κ2) is 6.13. The molecule has 19 heavy (non-hydrogen) atoms. The fourth-order valence-electron chi connectivity index (χ4n) is 4.68. The van der Waals surface area contributed by atoms with Gasteiger partial charge in [-0.25, -0.2) is 0 Å². The molecule has 1 unspecified atom stereocenters. The highest BCUT2D eigenvalue weighted by Crippen LogP contribution is 2.34. The summed E-state index contributed by atoms with van der Waals surface area (Å²) in [6, 6.07) is 1.63. The van der Waals surface area contributed by atoms with E-state index in [9.17, 15) is 0 Å². The standard InChI is InChI=1S/C17H32N2/c1-15-13-18-17(11-7-4-8-12-17)14-19(15)16-9-5-2-3-6-10-16/h15-16,18H,2-14H2,1H3. The maximum absolute atomic E-state index is 3.93. The van der Waals surface area contributed by atoms with Gasteiger partial charge in [-0.15, -0.1) is 0 Å². The van der Waals surface area contributed by atoms with Crippen molar-refractivity contribution in [2.45, 2.75) is 95.2 Å². The number of piperazine rings is 1. The average Bonchev–Trinajstić information content (AvgIpc) is 2.72. The van der Waals surface area contributed by atoms with Crippen molar-refractivity contribution in [1.82, 2.24) is 10.2 Å². The largest absolute Gasteiger partial charge is 0.308 e. The van der Waals surface area contributed by atoms with E-state index in [1.54, 1.807) is 0 Å². The van der Waals surface area contributed by atoms with E-state index in [1.807, 2.05) is 0 Å². The van der Waals surface area contributed by atoms with Crippen molar-refractivity contribution in [3.8, 4) is 0 Å². The molecular weight excluding hydrogens is 232 g/mol. The van der Waals surface area contributed by atoms with Gasteiger partial charge >= 0.3 is 0 Å². The lowest BCUT2D eigenvalue weighted by atomic mass is 9.79. The Kier molecular flexibility index (Phi) is 4.48. The van der Waals surface area contributed by atoms with Crippen molar-refractivity contribution < 1.29 is 0 Å². The van der Waals surface area contributed by atoms with E-state index >= 15 is 0 Å². The normalized spacial score (nSPS) is 34.3. The highest BCUT2D eigenvalue weighted by atomic mass is 15.3. The first kappa shape index (κ1) is 13.9. The van der Waals surface area contributed by atoms with Gasteiger partial charge in [0.1, 0.15) is 0 Å². The molecule has 1 saturated heterocycles. The Balaban J connectivity index is 1.67. The highest BCUT2D eigenvalue weighted by molar-refractivity contribution is 5.00. The maximum atomic E-state index is 3.93. The minimum absolute atomic E-state index is 0.483. The minimum Gasteiger partial charge on any atom is -0.308 e. The van der Waals surface area contributed by atoms with E-state index in [0.717, 1.165) is 12.1 Å². The van der Waals surface area contributed by atoms with Gasteiger partial charge in [-0.1, -0.05) is 44.9 Å². The van der Waals surface area contributed by atoms with Crippen molar-refractivity contribution >= 4 is 0 Å². The highest BCUT2D eigenvalue weighted by Gasteiger charge is 2.40. The third kappa shape index (κ3) is 3.16. The zero-order valence-electron chi connectivity index (χ0n) is 12.8. The molecule has 1 N–H and O–H groups in total. The molecule has 2 saturated carbocycles. The number of nitrogens with zero attached hydrogens (tertiary/aromatic N) is 1. The Morgan fingerprint density at radius 2 is 1.53 bits per heavy atom. The summed E-state index contributed by atoms with van der Waals surface area (Å²) in [5.41, 5.74) is 0.483. The number of nitrogens with one attached hydrogen (secondary N) is 1. The van der Waals surface area contributed by atoms with Gasteiger partial charge < -0.3 is 5.32 Å². The van der Waals surface area contributed by atoms with E-state index in [1.165, 1.54) is 83.7 Å². The molecular formula is C17H32N2. The van der Waals surface area contributed by atoms with Crippen LogP contribution in [0.15, 0.2) is 0 Å². The molecule has 0 radical (unpaired) electrons. The monoisotopic (exact) mass is 264 g/mol. The molecule has 0 amide bonds. The maximum Gasteiger partial charge on any atom is 0.0309 e. The molecule has 0 bridgehead atoms. The Hall–Kier alpha value is -0.0800. The molecule has 1 atom stereocenters. The minimum atomic E-state index is 0.483. The van der Waals surface area contributed by atoms with Crippen molar-refractivity contribution in [3.63, 3.8) is 0 Å². The lowest BCUT2D eigenvalue weighted by molar-refractivity contribution is 0.0258. The van der Waals surface area contributed by atoms with Gasteiger partial charge in [0.2, 0.25) is 0 Å². The molecule has 0 aromatic carbocycles. The first-order valence-corrected chi connectivity index (χ1v) is 8.80. The molecule has 0 aromatic heterocycles. The van der Waals surface area contributed by atoms with Crippen LogP contribution in [-0.2, 0) is 0 Å². The summed E-state index contributed by atoms with van der Waals surface area (Å²) >= 11 is 0. The van der Waals surface area contributed by atoms with Crippen molar-refractivity contribution in [1.29, 1.82) is 0 Å². The van der Waals surface area contributed by atoms with Crippen LogP contribution in [0.1, 0.15) is 77.6 Å².